The number of alkyl halides is 3. The highest BCUT2D eigenvalue weighted by molar-refractivity contribution is 6.31. The third kappa shape index (κ3) is 5.60. The number of aromatic nitrogens is 1. The van der Waals surface area contributed by atoms with Crippen molar-refractivity contribution in [3.05, 3.63) is 52.7 Å². The smallest absolute Gasteiger partial charge is 0.351 e. The number of likely N-dealkylation sites (N-methyl/N-ethyl adjacent to an activating group) is 1. The molecule has 1 heterocycles. The fourth-order valence-electron chi connectivity index (χ4n) is 2.07. The molecule has 26 heavy (non-hydrogen) atoms. The molecule has 0 fully saturated rings. The van der Waals surface area contributed by atoms with E-state index in [9.17, 15) is 18.0 Å². The maximum atomic E-state index is 12.9. The molecular formula is C17H18ClF3N4O. The Labute approximate surface area is 154 Å². The van der Waals surface area contributed by atoms with Crippen LogP contribution in [0.1, 0.15) is 15.9 Å². The maximum Gasteiger partial charge on any atom is 0.417 e. The molecule has 2 rings (SSSR count). The lowest BCUT2D eigenvalue weighted by Gasteiger charge is -2.12. The SMILES string of the molecule is CN(C)CCNC(=O)c1ccc(Nc2ccc(Cl)c(C(F)(F)F)c2)nc1. The second kappa shape index (κ2) is 8.37. The lowest BCUT2D eigenvalue weighted by atomic mass is 10.2. The predicted molar refractivity (Wildman–Crippen MR) is 94.9 cm³/mol. The van der Waals surface area contributed by atoms with Gasteiger partial charge in [-0.1, -0.05) is 11.6 Å². The summed E-state index contributed by atoms with van der Waals surface area (Å²) in [5.74, 6) is 0.0436. The highest BCUT2D eigenvalue weighted by Gasteiger charge is 2.33. The Kier molecular flexibility index (Phi) is 6.44. The number of nitrogens with zero attached hydrogens (tertiary/aromatic N) is 2. The first-order chi connectivity index (χ1) is 12.2. The first-order valence-electron chi connectivity index (χ1n) is 7.69. The molecule has 0 bridgehead atoms. The normalized spacial score (nSPS) is 11.5. The topological polar surface area (TPSA) is 57.3 Å². The van der Waals surface area contributed by atoms with Gasteiger partial charge in [0, 0.05) is 25.0 Å². The van der Waals surface area contributed by atoms with E-state index >= 15 is 0 Å². The van der Waals surface area contributed by atoms with Crippen molar-refractivity contribution in [2.24, 2.45) is 0 Å². The molecule has 2 aromatic rings. The molecule has 0 unspecified atom stereocenters. The van der Waals surface area contributed by atoms with Crippen LogP contribution >= 0.6 is 11.6 Å². The summed E-state index contributed by atoms with van der Waals surface area (Å²) in [6.07, 6.45) is -3.19. The molecule has 0 aliphatic rings. The van der Waals surface area contributed by atoms with Crippen LogP contribution in [0.25, 0.3) is 0 Å². The zero-order valence-electron chi connectivity index (χ0n) is 14.2. The fraction of sp³-hybridized carbons (Fsp3) is 0.294. The highest BCUT2D eigenvalue weighted by Crippen LogP contribution is 2.36. The van der Waals surface area contributed by atoms with E-state index in [2.05, 4.69) is 15.6 Å². The largest absolute Gasteiger partial charge is 0.417 e. The van der Waals surface area contributed by atoms with Gasteiger partial charge in [0.15, 0.2) is 0 Å². The molecule has 0 radical (unpaired) electrons. The van der Waals surface area contributed by atoms with Crippen LogP contribution in [0.4, 0.5) is 24.7 Å². The molecule has 0 aliphatic heterocycles. The Morgan fingerprint density at radius 1 is 1.23 bits per heavy atom. The minimum atomic E-state index is -4.54. The van der Waals surface area contributed by atoms with E-state index in [4.69, 9.17) is 11.6 Å². The summed E-state index contributed by atoms with van der Waals surface area (Å²) in [6, 6.07) is 6.55. The first-order valence-corrected chi connectivity index (χ1v) is 8.07. The highest BCUT2D eigenvalue weighted by atomic mass is 35.5. The van der Waals surface area contributed by atoms with Gasteiger partial charge in [-0.15, -0.1) is 0 Å². The summed E-state index contributed by atoms with van der Waals surface area (Å²) in [5.41, 5.74) is -0.375. The van der Waals surface area contributed by atoms with Gasteiger partial charge < -0.3 is 15.5 Å². The van der Waals surface area contributed by atoms with Crippen LogP contribution in [-0.4, -0.2) is 43.0 Å². The average Bonchev–Trinajstić information content (AvgIpc) is 2.56. The van der Waals surface area contributed by atoms with Crippen molar-refractivity contribution in [1.82, 2.24) is 15.2 Å². The van der Waals surface area contributed by atoms with Crippen molar-refractivity contribution in [2.45, 2.75) is 6.18 Å². The zero-order chi connectivity index (χ0) is 19.3. The van der Waals surface area contributed by atoms with E-state index in [0.717, 1.165) is 6.07 Å². The molecule has 0 saturated carbocycles. The van der Waals surface area contributed by atoms with Crippen LogP contribution in [0.3, 0.4) is 0 Å². The van der Waals surface area contributed by atoms with Crippen molar-refractivity contribution in [1.29, 1.82) is 0 Å². The second-order valence-corrected chi connectivity index (χ2v) is 6.22. The van der Waals surface area contributed by atoms with E-state index < -0.39 is 11.7 Å². The minimum absolute atomic E-state index is 0.192. The van der Waals surface area contributed by atoms with Crippen molar-refractivity contribution in [2.75, 3.05) is 32.5 Å². The molecule has 5 nitrogen and oxygen atoms in total. The van der Waals surface area contributed by atoms with Crippen molar-refractivity contribution >= 4 is 29.0 Å². The molecule has 0 atom stereocenters. The molecule has 1 aromatic heterocycles. The number of benzene rings is 1. The number of carbonyl (C=O) groups excluding carboxylic acids is 1. The van der Waals surface area contributed by atoms with Gasteiger partial charge in [-0.2, -0.15) is 13.2 Å². The van der Waals surface area contributed by atoms with Gasteiger partial charge >= 0.3 is 6.18 Å². The number of carbonyl (C=O) groups is 1. The lowest BCUT2D eigenvalue weighted by Crippen LogP contribution is -2.31. The molecule has 2 N–H and O–H groups in total. The minimum Gasteiger partial charge on any atom is -0.351 e. The number of amides is 1. The number of anilines is 2. The molecular weight excluding hydrogens is 369 g/mol. The van der Waals surface area contributed by atoms with E-state index in [-0.39, 0.29) is 16.6 Å². The van der Waals surface area contributed by atoms with Crippen LogP contribution in [0.15, 0.2) is 36.5 Å². The van der Waals surface area contributed by atoms with E-state index in [1.807, 2.05) is 19.0 Å². The van der Waals surface area contributed by atoms with Gasteiger partial charge in [-0.25, -0.2) is 4.98 Å². The van der Waals surface area contributed by atoms with Crippen molar-refractivity contribution in [3.8, 4) is 0 Å². The number of hydrogen-bond acceptors (Lipinski definition) is 4. The van der Waals surface area contributed by atoms with Crippen LogP contribution in [0, 0.1) is 0 Å². The van der Waals surface area contributed by atoms with Crippen molar-refractivity contribution in [3.63, 3.8) is 0 Å². The van der Waals surface area contributed by atoms with Crippen LogP contribution in [0.2, 0.25) is 5.02 Å². The Morgan fingerprint density at radius 3 is 2.54 bits per heavy atom. The van der Waals surface area contributed by atoms with Gasteiger partial charge in [-0.3, -0.25) is 4.79 Å². The number of halogens is 4. The molecule has 140 valence electrons. The third-order valence-corrected chi connectivity index (χ3v) is 3.74. The Hall–Kier alpha value is -2.32. The predicted octanol–water partition coefficient (Wildman–Crippen LogP) is 3.79. The monoisotopic (exact) mass is 386 g/mol. The Bertz CT molecular complexity index is 764. The first kappa shape index (κ1) is 20.0. The van der Waals surface area contributed by atoms with Gasteiger partial charge in [-0.05, 0) is 44.4 Å². The summed E-state index contributed by atoms with van der Waals surface area (Å²) >= 11 is 5.59. The third-order valence-electron chi connectivity index (χ3n) is 3.41. The molecule has 1 aromatic carbocycles. The summed E-state index contributed by atoms with van der Waals surface area (Å²) in [6.45, 7) is 1.20. The fourth-order valence-corrected chi connectivity index (χ4v) is 2.29. The van der Waals surface area contributed by atoms with Crippen molar-refractivity contribution < 1.29 is 18.0 Å². The van der Waals surface area contributed by atoms with E-state index in [1.54, 1.807) is 6.07 Å². The molecule has 0 saturated heterocycles. The van der Waals surface area contributed by atoms with Crippen LogP contribution in [-0.2, 0) is 6.18 Å². The second-order valence-electron chi connectivity index (χ2n) is 5.81. The van der Waals surface area contributed by atoms with Crippen LogP contribution in [0.5, 0.6) is 0 Å². The zero-order valence-corrected chi connectivity index (χ0v) is 14.9. The van der Waals surface area contributed by atoms with Gasteiger partial charge in [0.1, 0.15) is 5.82 Å². The van der Waals surface area contributed by atoms with E-state index in [1.165, 1.54) is 24.4 Å². The molecule has 9 heteroatoms. The molecule has 1 amide bonds. The Balaban J connectivity index is 2.04. The lowest BCUT2D eigenvalue weighted by molar-refractivity contribution is -0.137. The molecule has 0 aliphatic carbocycles. The average molecular weight is 387 g/mol. The maximum absolute atomic E-state index is 12.9. The molecule has 0 spiro atoms. The summed E-state index contributed by atoms with van der Waals surface area (Å²) in [7, 11) is 3.80. The number of nitrogens with one attached hydrogen (secondary N) is 2. The standard InChI is InChI=1S/C17H18ClF3N4O/c1-25(2)8-7-22-16(26)11-3-6-15(23-10-11)24-12-4-5-14(18)13(9-12)17(19,20)21/h3-6,9-10H,7-8H2,1-2H3,(H,22,26)(H,23,24). The summed E-state index contributed by atoms with van der Waals surface area (Å²) in [4.78, 5) is 18.0. The van der Waals surface area contributed by atoms with Gasteiger partial charge in [0.25, 0.3) is 5.91 Å². The van der Waals surface area contributed by atoms with Gasteiger partial charge in [0.2, 0.25) is 0 Å². The quantitative estimate of drug-likeness (QED) is 0.793. The Morgan fingerprint density at radius 2 is 1.96 bits per heavy atom. The van der Waals surface area contributed by atoms with E-state index in [0.29, 0.717) is 24.5 Å². The summed E-state index contributed by atoms with van der Waals surface area (Å²) < 4.78 is 38.7. The number of pyridine rings is 1. The summed E-state index contributed by atoms with van der Waals surface area (Å²) in [5, 5.41) is 5.13. The van der Waals surface area contributed by atoms with Crippen LogP contribution < -0.4 is 10.6 Å². The van der Waals surface area contributed by atoms with Gasteiger partial charge in [0.05, 0.1) is 16.1 Å². The number of hydrogen-bond donors (Lipinski definition) is 2. The number of rotatable bonds is 6.